The highest BCUT2D eigenvalue weighted by Gasteiger charge is 2.27. The van der Waals surface area contributed by atoms with Gasteiger partial charge in [0.2, 0.25) is 5.91 Å². The third-order valence-corrected chi connectivity index (χ3v) is 4.64. The van der Waals surface area contributed by atoms with Crippen LogP contribution in [-0.4, -0.2) is 46.2 Å². The Morgan fingerprint density at radius 3 is 2.70 bits per heavy atom. The summed E-state index contributed by atoms with van der Waals surface area (Å²) in [7, 11) is 1.83. The number of amides is 1. The van der Waals surface area contributed by atoms with E-state index in [-0.39, 0.29) is 24.0 Å². The van der Waals surface area contributed by atoms with E-state index < -0.39 is 0 Å². The van der Waals surface area contributed by atoms with Crippen LogP contribution in [0, 0.1) is 0 Å². The van der Waals surface area contributed by atoms with Gasteiger partial charge in [0.25, 0.3) is 0 Å². The smallest absolute Gasteiger partial charge is 0.338 e. The van der Waals surface area contributed by atoms with E-state index >= 15 is 0 Å². The molecule has 6 nitrogen and oxygen atoms in total. The summed E-state index contributed by atoms with van der Waals surface area (Å²) in [6.07, 6.45) is 4.95. The lowest BCUT2D eigenvalue weighted by Gasteiger charge is -2.33. The zero-order valence-electron chi connectivity index (χ0n) is 13.4. The van der Waals surface area contributed by atoms with Crippen molar-refractivity contribution < 1.29 is 14.3 Å². The van der Waals surface area contributed by atoms with Gasteiger partial charge in [-0.2, -0.15) is 5.10 Å². The van der Waals surface area contributed by atoms with Gasteiger partial charge in [-0.05, 0) is 43.9 Å². The van der Waals surface area contributed by atoms with Gasteiger partial charge >= 0.3 is 5.97 Å². The molecule has 0 radical (unpaired) electrons. The molecule has 23 heavy (non-hydrogen) atoms. The van der Waals surface area contributed by atoms with Crippen molar-refractivity contribution in [3.63, 3.8) is 0 Å². The molecule has 1 heterocycles. The van der Waals surface area contributed by atoms with Crippen molar-refractivity contribution in [3.05, 3.63) is 30.0 Å². The van der Waals surface area contributed by atoms with E-state index in [1.54, 1.807) is 30.2 Å². The Morgan fingerprint density at radius 1 is 1.26 bits per heavy atom. The molecular formula is C17H21N3O3. The van der Waals surface area contributed by atoms with Crippen LogP contribution >= 0.6 is 0 Å². The molecule has 0 unspecified atom stereocenters. The number of aromatic amines is 1. The Morgan fingerprint density at radius 2 is 2.00 bits per heavy atom. The molecule has 6 heteroatoms. The molecule has 1 aromatic carbocycles. The van der Waals surface area contributed by atoms with Crippen LogP contribution in [0.25, 0.3) is 10.9 Å². The number of nitrogens with zero attached hydrogens (tertiary/aromatic N) is 2. The predicted octanol–water partition coefficient (Wildman–Crippen LogP) is 2.51. The van der Waals surface area contributed by atoms with Crippen molar-refractivity contribution in [1.29, 1.82) is 0 Å². The molecule has 1 aliphatic carbocycles. The van der Waals surface area contributed by atoms with Gasteiger partial charge in [0.15, 0.2) is 0 Å². The van der Waals surface area contributed by atoms with Gasteiger partial charge in [-0.3, -0.25) is 9.89 Å². The van der Waals surface area contributed by atoms with E-state index in [1.807, 2.05) is 13.1 Å². The molecule has 1 N–H and O–H groups in total. The highest BCUT2D eigenvalue weighted by Crippen LogP contribution is 2.25. The number of H-pyrrole nitrogens is 1. The summed E-state index contributed by atoms with van der Waals surface area (Å²) in [6, 6.07) is 5.62. The molecule has 0 saturated heterocycles. The highest BCUT2D eigenvalue weighted by molar-refractivity contribution is 5.94. The maximum atomic E-state index is 12.3. The van der Waals surface area contributed by atoms with Crippen LogP contribution in [0.3, 0.4) is 0 Å². The first-order chi connectivity index (χ1) is 11.0. The lowest BCUT2D eigenvalue weighted by atomic mass is 9.92. The molecule has 1 aromatic heterocycles. The maximum Gasteiger partial charge on any atom is 0.338 e. The Kier molecular flexibility index (Phi) is 4.32. The number of aromatic nitrogens is 2. The zero-order chi connectivity index (χ0) is 16.4. The average Bonchev–Trinajstić information content (AvgIpc) is 3.02. The van der Waals surface area contributed by atoms with Crippen molar-refractivity contribution >= 4 is 22.8 Å². The first-order valence-electron chi connectivity index (χ1n) is 7.92. The van der Waals surface area contributed by atoms with E-state index in [0.29, 0.717) is 5.56 Å². The summed E-state index contributed by atoms with van der Waals surface area (Å²) in [6.45, 7) is 1.58. The van der Waals surface area contributed by atoms with Crippen LogP contribution < -0.4 is 0 Å². The van der Waals surface area contributed by atoms with Gasteiger partial charge in [0, 0.05) is 25.4 Å². The number of hydrogen-bond acceptors (Lipinski definition) is 4. The largest absolute Gasteiger partial charge is 0.459 e. The monoisotopic (exact) mass is 315 g/mol. The topological polar surface area (TPSA) is 75.3 Å². The second-order valence-corrected chi connectivity index (χ2v) is 6.14. The molecule has 1 aliphatic rings. The summed E-state index contributed by atoms with van der Waals surface area (Å²) >= 11 is 0. The average molecular weight is 315 g/mol. The summed E-state index contributed by atoms with van der Waals surface area (Å²) in [5.74, 6) is -0.213. The van der Waals surface area contributed by atoms with Crippen molar-refractivity contribution in [2.75, 3.05) is 7.05 Å². The lowest BCUT2D eigenvalue weighted by Crippen LogP contribution is -2.39. The van der Waals surface area contributed by atoms with Gasteiger partial charge in [-0.1, -0.05) is 0 Å². The minimum absolute atomic E-state index is 0.0702. The summed E-state index contributed by atoms with van der Waals surface area (Å²) in [5.41, 5.74) is 1.44. The molecule has 122 valence electrons. The fraction of sp³-hybridized carbons (Fsp3) is 0.471. The summed E-state index contributed by atoms with van der Waals surface area (Å²) in [4.78, 5) is 25.5. The number of fused-ring (bicyclic) bond motifs is 1. The third-order valence-electron chi connectivity index (χ3n) is 4.64. The van der Waals surface area contributed by atoms with Crippen LogP contribution in [0.2, 0.25) is 0 Å². The van der Waals surface area contributed by atoms with Crippen LogP contribution in [0.1, 0.15) is 43.0 Å². The van der Waals surface area contributed by atoms with Gasteiger partial charge in [-0.25, -0.2) is 4.79 Å². The summed E-state index contributed by atoms with van der Waals surface area (Å²) in [5, 5.41) is 7.70. The molecule has 2 aromatic rings. The van der Waals surface area contributed by atoms with Crippen LogP contribution in [0.5, 0.6) is 0 Å². The summed E-state index contributed by atoms with van der Waals surface area (Å²) < 4.78 is 5.62. The predicted molar refractivity (Wildman–Crippen MR) is 86.0 cm³/mol. The number of benzene rings is 1. The van der Waals surface area contributed by atoms with Crippen LogP contribution in [0.15, 0.2) is 24.4 Å². The van der Waals surface area contributed by atoms with E-state index in [4.69, 9.17) is 4.74 Å². The highest BCUT2D eigenvalue weighted by atomic mass is 16.5. The van der Waals surface area contributed by atoms with E-state index in [9.17, 15) is 9.59 Å². The fourth-order valence-electron chi connectivity index (χ4n) is 3.10. The molecule has 0 aliphatic heterocycles. The number of esters is 1. The molecule has 1 amide bonds. The first-order valence-corrected chi connectivity index (χ1v) is 7.92. The van der Waals surface area contributed by atoms with Crippen LogP contribution in [0.4, 0.5) is 0 Å². The second-order valence-electron chi connectivity index (χ2n) is 6.14. The van der Waals surface area contributed by atoms with Crippen molar-refractivity contribution in [2.24, 2.45) is 0 Å². The second kappa shape index (κ2) is 6.40. The standard InChI is InChI=1S/C17H21N3O3/c1-11(21)20(2)14-4-6-15(7-5-14)23-17(22)12-3-8-16-13(9-12)10-18-19-16/h3,8-10,14-15H,4-7H2,1-2H3,(H,18,19). The number of carbonyl (C=O) groups is 2. The normalized spacial score (nSPS) is 21.1. The van der Waals surface area contributed by atoms with Crippen LogP contribution in [-0.2, 0) is 9.53 Å². The minimum atomic E-state index is -0.295. The fourth-order valence-corrected chi connectivity index (χ4v) is 3.10. The van der Waals surface area contributed by atoms with Gasteiger partial charge < -0.3 is 9.64 Å². The van der Waals surface area contributed by atoms with Crippen molar-refractivity contribution in [1.82, 2.24) is 15.1 Å². The van der Waals surface area contributed by atoms with Gasteiger partial charge in [0.05, 0.1) is 17.3 Å². The first kappa shape index (κ1) is 15.5. The number of rotatable bonds is 3. The minimum Gasteiger partial charge on any atom is -0.459 e. The number of carbonyl (C=O) groups excluding carboxylic acids is 2. The molecule has 1 fully saturated rings. The number of nitrogens with one attached hydrogen (secondary N) is 1. The number of hydrogen-bond donors (Lipinski definition) is 1. The molecule has 3 rings (SSSR count). The number of ether oxygens (including phenoxy) is 1. The quantitative estimate of drug-likeness (QED) is 0.883. The maximum absolute atomic E-state index is 12.3. The van der Waals surface area contributed by atoms with Crippen molar-refractivity contribution in [3.8, 4) is 0 Å². The Hall–Kier alpha value is -2.37. The van der Waals surface area contributed by atoms with Gasteiger partial charge in [-0.15, -0.1) is 0 Å². The molecule has 0 spiro atoms. The zero-order valence-corrected chi connectivity index (χ0v) is 13.4. The third kappa shape index (κ3) is 3.36. The Balaban J connectivity index is 1.57. The van der Waals surface area contributed by atoms with E-state index in [2.05, 4.69) is 10.2 Å². The Bertz CT molecular complexity index is 717. The lowest BCUT2D eigenvalue weighted by molar-refractivity contribution is -0.130. The molecule has 0 bridgehead atoms. The SMILES string of the molecule is CC(=O)N(C)C1CCC(OC(=O)c2ccc3[nH]ncc3c2)CC1. The molecule has 0 atom stereocenters. The molecular weight excluding hydrogens is 294 g/mol. The van der Waals surface area contributed by atoms with E-state index in [1.165, 1.54) is 0 Å². The van der Waals surface area contributed by atoms with Crippen molar-refractivity contribution in [2.45, 2.75) is 44.8 Å². The van der Waals surface area contributed by atoms with Gasteiger partial charge in [0.1, 0.15) is 6.10 Å². The van der Waals surface area contributed by atoms with E-state index in [0.717, 1.165) is 36.6 Å². The molecule has 1 saturated carbocycles. The Labute approximate surface area is 134 Å².